The van der Waals surface area contributed by atoms with Crippen LogP contribution in [0.25, 0.3) is 0 Å². The van der Waals surface area contributed by atoms with Crippen LogP contribution in [-0.2, 0) is 19.1 Å². The molecule has 0 radical (unpaired) electrons. The van der Waals surface area contributed by atoms with Gasteiger partial charge in [-0.05, 0) is 0 Å². The van der Waals surface area contributed by atoms with Crippen molar-refractivity contribution >= 4 is 17.7 Å². The highest BCUT2D eigenvalue weighted by Gasteiger charge is 2.20. The van der Waals surface area contributed by atoms with Gasteiger partial charge < -0.3 is 4.74 Å². The lowest BCUT2D eigenvalue weighted by Crippen LogP contribution is -2.23. The van der Waals surface area contributed by atoms with Gasteiger partial charge in [-0.25, -0.2) is 4.79 Å². The lowest BCUT2D eigenvalue weighted by atomic mass is 10.1. The van der Waals surface area contributed by atoms with Gasteiger partial charge in [-0.3, -0.25) is 9.59 Å². The molecule has 0 aromatic rings. The van der Waals surface area contributed by atoms with Gasteiger partial charge in [-0.15, -0.1) is 0 Å². The average Bonchev–Trinajstić information content (AvgIpc) is 1.84. The van der Waals surface area contributed by atoms with Gasteiger partial charge in [0.15, 0.2) is 0 Å². The molecule has 0 unspecified atom stereocenters. The Balaban J connectivity index is 4.05. The number of hydrogen-bond donors (Lipinski definition) is 0. The van der Waals surface area contributed by atoms with Crippen molar-refractivity contribution < 1.29 is 19.1 Å². The fourth-order valence-corrected chi connectivity index (χ4v) is 0.417. The van der Waals surface area contributed by atoms with Crippen LogP contribution in [0.15, 0.2) is 0 Å². The molecule has 4 nitrogen and oxygen atoms in total. The normalized spacial score (nSPS) is 9.45. The molecule has 0 saturated heterocycles. The van der Waals surface area contributed by atoms with E-state index < -0.39 is 23.6 Å². The predicted molar refractivity (Wildman–Crippen MR) is 36.6 cm³/mol. The maximum Gasteiger partial charge on any atom is 0.382 e. The molecule has 62 valence electrons. The first kappa shape index (κ1) is 9.81. The number of rotatable bonds is 2. The maximum absolute atomic E-state index is 10.8. The van der Waals surface area contributed by atoms with E-state index in [2.05, 4.69) is 4.74 Å². The topological polar surface area (TPSA) is 60.4 Å². The summed E-state index contributed by atoms with van der Waals surface area (Å²) in [7, 11) is 0. The van der Waals surface area contributed by atoms with Crippen molar-refractivity contribution in [2.75, 3.05) is 0 Å². The Morgan fingerprint density at radius 2 is 1.64 bits per heavy atom. The first-order valence-corrected chi connectivity index (χ1v) is 3.21. The summed E-state index contributed by atoms with van der Waals surface area (Å²) in [6.07, 6.45) is 0. The van der Waals surface area contributed by atoms with E-state index >= 15 is 0 Å². The van der Waals surface area contributed by atoms with Crippen LogP contribution >= 0.6 is 0 Å². The number of esters is 2. The molecule has 0 saturated carbocycles. The lowest BCUT2D eigenvalue weighted by molar-refractivity contribution is -0.163. The van der Waals surface area contributed by atoms with E-state index in [0.29, 0.717) is 0 Å². The fraction of sp³-hybridized carbons (Fsp3) is 0.571. The summed E-state index contributed by atoms with van der Waals surface area (Å²) < 4.78 is 4.05. The zero-order chi connectivity index (χ0) is 9.02. The summed E-state index contributed by atoms with van der Waals surface area (Å²) in [5.41, 5.74) is 0. The minimum Gasteiger partial charge on any atom is -0.387 e. The van der Waals surface area contributed by atoms with Crippen molar-refractivity contribution in [2.24, 2.45) is 5.92 Å². The van der Waals surface area contributed by atoms with E-state index in [9.17, 15) is 14.4 Å². The SMILES string of the molecule is CC(=O)OC(=O)C(=O)C(C)C. The van der Waals surface area contributed by atoms with Crippen LogP contribution < -0.4 is 0 Å². The predicted octanol–water partition coefficient (Wildman–Crippen LogP) is 0.301. The van der Waals surface area contributed by atoms with Gasteiger partial charge >= 0.3 is 11.9 Å². The van der Waals surface area contributed by atoms with Gasteiger partial charge in [0.2, 0.25) is 5.78 Å². The molecule has 0 rings (SSSR count). The fourth-order valence-electron chi connectivity index (χ4n) is 0.417. The third-order valence-corrected chi connectivity index (χ3v) is 0.962. The Bertz CT molecular complexity index is 193. The summed E-state index contributed by atoms with van der Waals surface area (Å²) >= 11 is 0. The van der Waals surface area contributed by atoms with E-state index in [1.807, 2.05) is 0 Å². The van der Waals surface area contributed by atoms with Crippen molar-refractivity contribution in [3.8, 4) is 0 Å². The first-order valence-electron chi connectivity index (χ1n) is 3.21. The van der Waals surface area contributed by atoms with Crippen molar-refractivity contribution in [3.05, 3.63) is 0 Å². The van der Waals surface area contributed by atoms with E-state index in [1.165, 1.54) is 0 Å². The number of Topliss-reactive ketones (excluding diaryl/α,β-unsaturated/α-hetero) is 1. The molecule has 0 amide bonds. The molecule has 0 spiro atoms. The molecule has 0 aromatic carbocycles. The van der Waals surface area contributed by atoms with E-state index in [4.69, 9.17) is 0 Å². The van der Waals surface area contributed by atoms with Crippen LogP contribution in [0.1, 0.15) is 20.8 Å². The third kappa shape index (κ3) is 3.50. The Kier molecular flexibility index (Phi) is 3.44. The highest BCUT2D eigenvalue weighted by atomic mass is 16.6. The molecule has 0 bridgehead atoms. The molecule has 0 atom stereocenters. The van der Waals surface area contributed by atoms with Crippen LogP contribution in [0.2, 0.25) is 0 Å². The molecule has 0 fully saturated rings. The monoisotopic (exact) mass is 158 g/mol. The van der Waals surface area contributed by atoms with Crippen molar-refractivity contribution in [3.63, 3.8) is 0 Å². The number of carbonyl (C=O) groups is 3. The Morgan fingerprint density at radius 3 is 1.91 bits per heavy atom. The highest BCUT2D eigenvalue weighted by Crippen LogP contribution is 1.96. The second-order valence-corrected chi connectivity index (χ2v) is 2.40. The average molecular weight is 158 g/mol. The quantitative estimate of drug-likeness (QED) is 0.329. The molecule has 0 aromatic heterocycles. The van der Waals surface area contributed by atoms with Crippen LogP contribution in [0.4, 0.5) is 0 Å². The molecule has 0 N–H and O–H groups in total. The molecular weight excluding hydrogens is 148 g/mol. The molecule has 4 heteroatoms. The summed E-state index contributed by atoms with van der Waals surface area (Å²) in [5.74, 6) is -2.95. The van der Waals surface area contributed by atoms with Gasteiger partial charge in [-0.2, -0.15) is 0 Å². The molecule has 0 heterocycles. The summed E-state index contributed by atoms with van der Waals surface area (Å²) in [4.78, 5) is 31.5. The summed E-state index contributed by atoms with van der Waals surface area (Å²) in [6, 6.07) is 0. The molecular formula is C7H10O4. The Hall–Kier alpha value is -1.19. The lowest BCUT2D eigenvalue weighted by Gasteiger charge is -2.00. The third-order valence-electron chi connectivity index (χ3n) is 0.962. The first-order chi connectivity index (χ1) is 4.95. The number of ether oxygens (including phenoxy) is 1. The van der Waals surface area contributed by atoms with Gasteiger partial charge in [0.25, 0.3) is 0 Å². The van der Waals surface area contributed by atoms with E-state index in [-0.39, 0.29) is 0 Å². The highest BCUT2D eigenvalue weighted by molar-refractivity contribution is 6.35. The minimum absolute atomic E-state index is 0.429. The van der Waals surface area contributed by atoms with Crippen LogP contribution in [0.3, 0.4) is 0 Å². The van der Waals surface area contributed by atoms with Crippen molar-refractivity contribution in [2.45, 2.75) is 20.8 Å². The second kappa shape index (κ2) is 3.85. The van der Waals surface area contributed by atoms with Crippen LogP contribution in [0.5, 0.6) is 0 Å². The van der Waals surface area contributed by atoms with Crippen molar-refractivity contribution in [1.29, 1.82) is 0 Å². The van der Waals surface area contributed by atoms with Crippen LogP contribution in [-0.4, -0.2) is 17.7 Å². The maximum atomic E-state index is 10.8. The number of hydrogen-bond acceptors (Lipinski definition) is 4. The zero-order valence-electron chi connectivity index (χ0n) is 6.71. The largest absolute Gasteiger partial charge is 0.387 e. The molecule has 11 heavy (non-hydrogen) atoms. The molecule has 0 aliphatic heterocycles. The van der Waals surface area contributed by atoms with Gasteiger partial charge in [0.1, 0.15) is 0 Å². The van der Waals surface area contributed by atoms with Crippen molar-refractivity contribution in [1.82, 2.24) is 0 Å². The number of carbonyl (C=O) groups excluding carboxylic acids is 3. The zero-order valence-corrected chi connectivity index (χ0v) is 6.71. The minimum atomic E-state index is -1.08. The van der Waals surface area contributed by atoms with Gasteiger partial charge in [0.05, 0.1) is 0 Å². The summed E-state index contributed by atoms with van der Waals surface area (Å²) in [6.45, 7) is 4.19. The Morgan fingerprint density at radius 1 is 1.18 bits per heavy atom. The number of ketones is 1. The van der Waals surface area contributed by atoms with E-state index in [1.54, 1.807) is 13.8 Å². The summed E-state index contributed by atoms with van der Waals surface area (Å²) in [5, 5.41) is 0. The van der Waals surface area contributed by atoms with E-state index in [0.717, 1.165) is 6.92 Å². The standard InChI is InChI=1S/C7H10O4/c1-4(2)6(9)7(10)11-5(3)8/h4H,1-3H3. The Labute approximate surface area is 64.5 Å². The molecule has 0 aliphatic carbocycles. The van der Waals surface area contributed by atoms with Gasteiger partial charge in [-0.1, -0.05) is 13.8 Å². The molecule has 0 aliphatic rings. The van der Waals surface area contributed by atoms with Gasteiger partial charge in [0, 0.05) is 12.8 Å². The van der Waals surface area contributed by atoms with Crippen LogP contribution in [0, 0.1) is 5.92 Å². The second-order valence-electron chi connectivity index (χ2n) is 2.40. The smallest absolute Gasteiger partial charge is 0.382 e.